The molecule has 0 unspecified atom stereocenters. The largest absolute Gasteiger partial charge is 0.486 e. The molecule has 0 bridgehead atoms. The van der Waals surface area contributed by atoms with Crippen LogP contribution >= 0.6 is 0 Å². The molecule has 0 spiro atoms. The van der Waals surface area contributed by atoms with Crippen molar-refractivity contribution in [3.05, 3.63) is 35.0 Å². The van der Waals surface area contributed by atoms with E-state index in [-0.39, 0.29) is 18.4 Å². The number of nitrogens with one attached hydrogen (secondary N) is 1. The molecule has 142 valence electrons. The summed E-state index contributed by atoms with van der Waals surface area (Å²) in [6.07, 6.45) is 0.304. The molecule has 27 heavy (non-hydrogen) atoms. The highest BCUT2D eigenvalue weighted by Gasteiger charge is 2.33. The number of carbonyl (C=O) groups is 2. The second kappa shape index (κ2) is 6.94. The van der Waals surface area contributed by atoms with Crippen molar-refractivity contribution >= 4 is 17.7 Å². The minimum atomic E-state index is -0.390. The lowest BCUT2D eigenvalue weighted by Crippen LogP contribution is -2.26. The van der Waals surface area contributed by atoms with Gasteiger partial charge in [0.25, 0.3) is 0 Å². The normalized spacial score (nSPS) is 17.9. The Morgan fingerprint density at radius 3 is 2.89 bits per heavy atom. The summed E-state index contributed by atoms with van der Waals surface area (Å²) in [5.41, 5.74) is 2.64. The summed E-state index contributed by atoms with van der Waals surface area (Å²) in [7, 11) is 0. The molecule has 0 saturated carbocycles. The number of aryl methyl sites for hydroxylation is 1. The van der Waals surface area contributed by atoms with Crippen LogP contribution in [0.25, 0.3) is 0 Å². The fourth-order valence-corrected chi connectivity index (χ4v) is 3.62. The molecule has 1 amide bonds. The number of nitrogens with zero attached hydrogens (tertiary/aromatic N) is 2. The molecule has 2 aromatic rings. The Labute approximate surface area is 156 Å². The molecule has 1 aromatic heterocycles. The van der Waals surface area contributed by atoms with E-state index < -0.39 is 5.97 Å². The fourth-order valence-electron chi connectivity index (χ4n) is 3.62. The average Bonchev–Trinajstić information content (AvgIpc) is 2.96. The van der Waals surface area contributed by atoms with Crippen LogP contribution in [0.3, 0.4) is 0 Å². The number of benzene rings is 1. The summed E-state index contributed by atoms with van der Waals surface area (Å²) >= 11 is 0. The highest BCUT2D eigenvalue weighted by atomic mass is 16.6. The van der Waals surface area contributed by atoms with Gasteiger partial charge < -0.3 is 19.5 Å². The van der Waals surface area contributed by atoms with Gasteiger partial charge in [-0.1, -0.05) is 6.07 Å². The van der Waals surface area contributed by atoms with Crippen LogP contribution in [-0.4, -0.2) is 41.5 Å². The highest BCUT2D eigenvalue weighted by molar-refractivity contribution is 5.95. The van der Waals surface area contributed by atoms with Crippen molar-refractivity contribution in [3.8, 4) is 11.5 Å². The van der Waals surface area contributed by atoms with Gasteiger partial charge in [0.1, 0.15) is 25.6 Å². The number of aromatic nitrogens is 2. The van der Waals surface area contributed by atoms with Crippen LogP contribution in [0.1, 0.15) is 36.1 Å². The maximum Gasteiger partial charge on any atom is 0.327 e. The smallest absolute Gasteiger partial charge is 0.327 e. The molecule has 1 atom stereocenters. The summed E-state index contributed by atoms with van der Waals surface area (Å²) in [5.74, 6) is 1.27. The quantitative estimate of drug-likeness (QED) is 0.827. The van der Waals surface area contributed by atoms with Gasteiger partial charge in [-0.3, -0.25) is 9.59 Å². The number of anilines is 1. The molecule has 8 nitrogen and oxygen atoms in total. The zero-order chi connectivity index (χ0) is 19.0. The third-order valence-corrected chi connectivity index (χ3v) is 4.72. The van der Waals surface area contributed by atoms with Gasteiger partial charge in [0.05, 0.1) is 12.3 Å². The topological polar surface area (TPSA) is 91.7 Å². The standard InChI is InChI=1S/C19H21N3O5/c1-3-25-17(24)10-22-19-18(11(2)21-22)13(9-16(23)20-19)12-4-5-14-15(8-12)27-7-6-26-14/h4-5,8,13H,3,6-7,9-10H2,1-2H3,(H,20,23)/t13-/m1/s1. The molecule has 8 heteroatoms. The van der Waals surface area contributed by atoms with Gasteiger partial charge in [0, 0.05) is 17.9 Å². The molecule has 0 fully saturated rings. The van der Waals surface area contributed by atoms with E-state index in [1.807, 2.05) is 25.1 Å². The van der Waals surface area contributed by atoms with Crippen molar-refractivity contribution in [1.82, 2.24) is 9.78 Å². The van der Waals surface area contributed by atoms with Crippen LogP contribution < -0.4 is 14.8 Å². The van der Waals surface area contributed by atoms with E-state index in [0.29, 0.717) is 43.6 Å². The molecule has 4 rings (SSSR count). The third kappa shape index (κ3) is 3.22. The molecule has 0 aliphatic carbocycles. The van der Waals surface area contributed by atoms with E-state index in [2.05, 4.69) is 10.4 Å². The van der Waals surface area contributed by atoms with Crippen molar-refractivity contribution in [1.29, 1.82) is 0 Å². The zero-order valence-corrected chi connectivity index (χ0v) is 15.3. The molecule has 3 heterocycles. The molecule has 0 saturated heterocycles. The summed E-state index contributed by atoms with van der Waals surface area (Å²) in [6.45, 7) is 4.92. The third-order valence-electron chi connectivity index (χ3n) is 4.72. The maximum atomic E-state index is 12.3. The SMILES string of the molecule is CCOC(=O)Cn1nc(C)c2c1NC(=O)C[C@@H]2c1ccc2c(c1)OCCO2. The first kappa shape index (κ1) is 17.4. The Bertz CT molecular complexity index is 905. The lowest BCUT2D eigenvalue weighted by molar-refractivity contribution is -0.144. The Hall–Kier alpha value is -3.03. The summed E-state index contributed by atoms with van der Waals surface area (Å²) in [5, 5.41) is 7.31. The number of ether oxygens (including phenoxy) is 3. The van der Waals surface area contributed by atoms with Crippen LogP contribution in [0.2, 0.25) is 0 Å². The van der Waals surface area contributed by atoms with Gasteiger partial charge in [-0.25, -0.2) is 4.68 Å². The van der Waals surface area contributed by atoms with Crippen molar-refractivity contribution in [3.63, 3.8) is 0 Å². The van der Waals surface area contributed by atoms with Crippen LogP contribution in [-0.2, 0) is 20.9 Å². The molecule has 1 N–H and O–H groups in total. The highest BCUT2D eigenvalue weighted by Crippen LogP contribution is 2.42. The number of amides is 1. The van der Waals surface area contributed by atoms with Crippen LogP contribution in [0.4, 0.5) is 5.82 Å². The van der Waals surface area contributed by atoms with E-state index in [1.54, 1.807) is 6.92 Å². The van der Waals surface area contributed by atoms with Crippen LogP contribution in [0.15, 0.2) is 18.2 Å². The Balaban J connectivity index is 1.72. The summed E-state index contributed by atoms with van der Waals surface area (Å²) < 4.78 is 17.8. The van der Waals surface area contributed by atoms with E-state index >= 15 is 0 Å². The van der Waals surface area contributed by atoms with Gasteiger partial charge in [-0.15, -0.1) is 0 Å². The summed E-state index contributed by atoms with van der Waals surface area (Å²) in [6, 6.07) is 5.74. The Kier molecular flexibility index (Phi) is 4.47. The molecular formula is C19H21N3O5. The van der Waals surface area contributed by atoms with E-state index in [9.17, 15) is 9.59 Å². The number of esters is 1. The first-order valence-corrected chi connectivity index (χ1v) is 8.99. The second-order valence-corrected chi connectivity index (χ2v) is 6.52. The van der Waals surface area contributed by atoms with Crippen LogP contribution in [0, 0.1) is 6.92 Å². The zero-order valence-electron chi connectivity index (χ0n) is 15.3. The van der Waals surface area contributed by atoms with Crippen LogP contribution in [0.5, 0.6) is 11.5 Å². The van der Waals surface area contributed by atoms with Gasteiger partial charge in [-0.2, -0.15) is 5.10 Å². The monoisotopic (exact) mass is 371 g/mol. The number of fused-ring (bicyclic) bond motifs is 2. The van der Waals surface area contributed by atoms with Gasteiger partial charge in [0.15, 0.2) is 11.5 Å². The Morgan fingerprint density at radius 2 is 2.11 bits per heavy atom. The fraction of sp³-hybridized carbons (Fsp3) is 0.421. The van der Waals surface area contributed by atoms with Gasteiger partial charge in [-0.05, 0) is 31.5 Å². The lowest BCUT2D eigenvalue weighted by Gasteiger charge is -2.26. The average molecular weight is 371 g/mol. The number of rotatable bonds is 4. The van der Waals surface area contributed by atoms with E-state index in [1.165, 1.54) is 4.68 Å². The second-order valence-electron chi connectivity index (χ2n) is 6.52. The lowest BCUT2D eigenvalue weighted by atomic mass is 9.85. The molecular weight excluding hydrogens is 350 g/mol. The van der Waals surface area contributed by atoms with Gasteiger partial charge in [0.2, 0.25) is 5.91 Å². The summed E-state index contributed by atoms with van der Waals surface area (Å²) in [4.78, 5) is 24.2. The predicted molar refractivity (Wildman–Crippen MR) is 96.1 cm³/mol. The first-order chi connectivity index (χ1) is 13.1. The minimum Gasteiger partial charge on any atom is -0.486 e. The van der Waals surface area contributed by atoms with Crippen molar-refractivity contribution in [2.75, 3.05) is 25.1 Å². The minimum absolute atomic E-state index is 0.0435. The van der Waals surface area contributed by atoms with Crippen molar-refractivity contribution in [2.45, 2.75) is 32.7 Å². The Morgan fingerprint density at radius 1 is 1.33 bits per heavy atom. The van der Waals surface area contributed by atoms with Crippen molar-refractivity contribution < 1.29 is 23.8 Å². The number of hydrogen-bond donors (Lipinski definition) is 1. The van der Waals surface area contributed by atoms with E-state index in [4.69, 9.17) is 14.2 Å². The van der Waals surface area contributed by atoms with E-state index in [0.717, 1.165) is 16.8 Å². The number of carbonyl (C=O) groups excluding carboxylic acids is 2. The van der Waals surface area contributed by atoms with Crippen molar-refractivity contribution in [2.24, 2.45) is 0 Å². The molecule has 2 aliphatic rings. The first-order valence-electron chi connectivity index (χ1n) is 8.99. The molecule has 1 aromatic carbocycles. The van der Waals surface area contributed by atoms with Gasteiger partial charge >= 0.3 is 5.97 Å². The molecule has 0 radical (unpaired) electrons. The molecule has 2 aliphatic heterocycles. The maximum absolute atomic E-state index is 12.3. The predicted octanol–water partition coefficient (Wildman–Crippen LogP) is 2.00. The number of hydrogen-bond acceptors (Lipinski definition) is 6.